The van der Waals surface area contributed by atoms with Gasteiger partial charge >= 0.3 is 0 Å². The van der Waals surface area contributed by atoms with Crippen LogP contribution in [0.15, 0.2) is 11.1 Å². The van der Waals surface area contributed by atoms with Gasteiger partial charge in [0.05, 0.1) is 11.2 Å². The zero-order valence-electron chi connectivity index (χ0n) is 14.8. The maximum atomic E-state index is 13.3. The normalized spacial score (nSPS) is 28.7. The standard InChI is InChI=1S/C16H26N4O3S/c1-12-14(11-18(4)17-12)24(22,23)20-10-6-8-16(3)15(20)7-5-9-19(16)13(2)21/h11,15H,5-10H2,1-4H3/t15-,16+/m1/s1. The van der Waals surface area contributed by atoms with Gasteiger partial charge in [0.1, 0.15) is 4.90 Å². The van der Waals surface area contributed by atoms with E-state index < -0.39 is 15.6 Å². The van der Waals surface area contributed by atoms with E-state index in [2.05, 4.69) is 5.10 Å². The number of carbonyl (C=O) groups excluding carboxylic acids is 1. The lowest BCUT2D eigenvalue weighted by atomic mass is 9.77. The number of hydrogen-bond donors (Lipinski definition) is 0. The van der Waals surface area contributed by atoms with E-state index in [-0.39, 0.29) is 16.8 Å². The van der Waals surface area contributed by atoms with Crippen LogP contribution in [0.1, 0.15) is 45.2 Å². The summed E-state index contributed by atoms with van der Waals surface area (Å²) in [7, 11) is -1.89. The van der Waals surface area contributed by atoms with Gasteiger partial charge in [-0.15, -0.1) is 0 Å². The molecule has 1 aromatic heterocycles. The van der Waals surface area contributed by atoms with Crippen molar-refractivity contribution in [1.82, 2.24) is 19.0 Å². The monoisotopic (exact) mass is 354 g/mol. The smallest absolute Gasteiger partial charge is 0.246 e. The summed E-state index contributed by atoms with van der Waals surface area (Å²) in [5.41, 5.74) is 0.0925. The molecule has 0 aliphatic carbocycles. The van der Waals surface area contributed by atoms with Crippen molar-refractivity contribution in [3.63, 3.8) is 0 Å². The van der Waals surface area contributed by atoms with Crippen LogP contribution in [0.25, 0.3) is 0 Å². The molecule has 0 unspecified atom stereocenters. The van der Waals surface area contributed by atoms with Crippen LogP contribution in [0, 0.1) is 6.92 Å². The van der Waals surface area contributed by atoms with Gasteiger partial charge in [0.25, 0.3) is 0 Å². The molecular weight excluding hydrogens is 328 g/mol. The lowest BCUT2D eigenvalue weighted by Crippen LogP contribution is -2.67. The predicted molar refractivity (Wildman–Crippen MR) is 89.9 cm³/mol. The quantitative estimate of drug-likeness (QED) is 0.802. The minimum Gasteiger partial charge on any atom is -0.336 e. The highest BCUT2D eigenvalue weighted by Gasteiger charge is 2.51. The molecule has 1 aromatic rings. The fourth-order valence-electron chi connectivity index (χ4n) is 4.46. The largest absolute Gasteiger partial charge is 0.336 e. The second kappa shape index (κ2) is 5.84. The molecule has 0 bridgehead atoms. The molecule has 0 aromatic carbocycles. The number of aromatic nitrogens is 2. The third-order valence-electron chi connectivity index (χ3n) is 5.54. The summed E-state index contributed by atoms with van der Waals surface area (Å²) in [5, 5.41) is 4.18. The highest BCUT2D eigenvalue weighted by Crippen LogP contribution is 2.41. The van der Waals surface area contributed by atoms with E-state index in [9.17, 15) is 13.2 Å². The summed E-state index contributed by atoms with van der Waals surface area (Å²) >= 11 is 0. The third-order valence-corrected chi connectivity index (χ3v) is 7.55. The molecule has 8 heteroatoms. The van der Waals surface area contributed by atoms with Crippen LogP contribution in [-0.2, 0) is 21.9 Å². The van der Waals surface area contributed by atoms with Crippen molar-refractivity contribution in [2.45, 2.75) is 62.9 Å². The summed E-state index contributed by atoms with van der Waals surface area (Å²) in [6, 6.07) is -0.173. The van der Waals surface area contributed by atoms with Crippen LogP contribution in [0.5, 0.6) is 0 Å². The van der Waals surface area contributed by atoms with E-state index in [0.717, 1.165) is 25.7 Å². The minimum absolute atomic E-state index is 0.0269. The van der Waals surface area contributed by atoms with Crippen molar-refractivity contribution in [3.8, 4) is 0 Å². The second-order valence-corrected chi connectivity index (χ2v) is 9.02. The maximum Gasteiger partial charge on any atom is 0.246 e. The van der Waals surface area contributed by atoms with Crippen molar-refractivity contribution in [2.75, 3.05) is 13.1 Å². The molecule has 0 radical (unpaired) electrons. The predicted octanol–water partition coefficient (Wildman–Crippen LogP) is 1.28. The topological polar surface area (TPSA) is 75.5 Å². The number of fused-ring (bicyclic) bond motifs is 1. The first-order valence-electron chi connectivity index (χ1n) is 8.48. The molecule has 0 N–H and O–H groups in total. The van der Waals surface area contributed by atoms with E-state index in [1.54, 1.807) is 31.4 Å². The van der Waals surface area contributed by atoms with Crippen molar-refractivity contribution >= 4 is 15.9 Å². The van der Waals surface area contributed by atoms with Gasteiger partial charge < -0.3 is 4.90 Å². The fraction of sp³-hybridized carbons (Fsp3) is 0.750. The first kappa shape index (κ1) is 17.4. The molecule has 2 aliphatic heterocycles. The molecule has 2 saturated heterocycles. The lowest BCUT2D eigenvalue weighted by molar-refractivity contribution is -0.142. The van der Waals surface area contributed by atoms with Crippen molar-refractivity contribution < 1.29 is 13.2 Å². The van der Waals surface area contributed by atoms with Crippen molar-refractivity contribution in [2.24, 2.45) is 7.05 Å². The van der Waals surface area contributed by atoms with Crippen LogP contribution >= 0.6 is 0 Å². The van der Waals surface area contributed by atoms with Gasteiger partial charge in [0.2, 0.25) is 15.9 Å². The molecule has 134 valence electrons. The van der Waals surface area contributed by atoms with E-state index in [1.807, 2.05) is 11.8 Å². The Balaban J connectivity index is 2.02. The van der Waals surface area contributed by atoms with Gasteiger partial charge in [-0.25, -0.2) is 8.42 Å². The van der Waals surface area contributed by atoms with Crippen LogP contribution in [0.3, 0.4) is 0 Å². The number of amides is 1. The summed E-state index contributed by atoms with van der Waals surface area (Å²) in [4.78, 5) is 14.2. The fourth-order valence-corrected chi connectivity index (χ4v) is 6.45. The number of hydrogen-bond acceptors (Lipinski definition) is 4. The van der Waals surface area contributed by atoms with Gasteiger partial charge in [0.15, 0.2) is 0 Å². The molecule has 0 spiro atoms. The minimum atomic E-state index is -3.62. The van der Waals surface area contributed by atoms with Gasteiger partial charge in [-0.1, -0.05) is 0 Å². The molecule has 0 saturated carbocycles. The summed E-state index contributed by atoms with van der Waals surface area (Å²) in [6.45, 7) is 6.55. The molecule has 2 aliphatic rings. The molecule has 1 amide bonds. The average molecular weight is 354 g/mol. The van der Waals surface area contributed by atoms with Gasteiger partial charge in [0, 0.05) is 39.3 Å². The number of nitrogens with zero attached hydrogens (tertiary/aromatic N) is 4. The Morgan fingerprint density at radius 3 is 2.62 bits per heavy atom. The molecule has 3 heterocycles. The number of sulfonamides is 1. The van der Waals surface area contributed by atoms with E-state index in [1.165, 1.54) is 4.68 Å². The summed E-state index contributed by atoms with van der Waals surface area (Å²) in [6.07, 6.45) is 4.80. The van der Waals surface area contributed by atoms with Gasteiger partial charge in [-0.05, 0) is 39.5 Å². The lowest BCUT2D eigenvalue weighted by Gasteiger charge is -2.55. The van der Waals surface area contributed by atoms with E-state index in [4.69, 9.17) is 0 Å². The van der Waals surface area contributed by atoms with Gasteiger partial charge in [-0.2, -0.15) is 9.40 Å². The molecule has 2 fully saturated rings. The molecule has 2 atom stereocenters. The number of aryl methyl sites for hydroxylation is 2. The SMILES string of the molecule is CC(=O)N1CCC[C@H]2N(S(=O)(=O)c3cn(C)nc3C)CCC[C@@]21C. The summed E-state index contributed by atoms with van der Waals surface area (Å²) in [5.74, 6) is 0.0269. The number of piperidine rings is 2. The third kappa shape index (κ3) is 2.56. The number of carbonyl (C=O) groups is 1. The van der Waals surface area contributed by atoms with Crippen molar-refractivity contribution in [3.05, 3.63) is 11.9 Å². The number of likely N-dealkylation sites (tertiary alicyclic amines) is 1. The Morgan fingerprint density at radius 1 is 1.33 bits per heavy atom. The number of rotatable bonds is 2. The summed E-state index contributed by atoms with van der Waals surface area (Å²) < 4.78 is 29.7. The van der Waals surface area contributed by atoms with Crippen LogP contribution < -0.4 is 0 Å². The Morgan fingerprint density at radius 2 is 2.04 bits per heavy atom. The van der Waals surface area contributed by atoms with Crippen LogP contribution in [0.2, 0.25) is 0 Å². The second-order valence-electron chi connectivity index (χ2n) is 7.16. The molecule has 7 nitrogen and oxygen atoms in total. The zero-order valence-corrected chi connectivity index (χ0v) is 15.6. The highest BCUT2D eigenvalue weighted by molar-refractivity contribution is 7.89. The van der Waals surface area contributed by atoms with Crippen LogP contribution in [0.4, 0.5) is 0 Å². The Hall–Kier alpha value is -1.41. The first-order valence-corrected chi connectivity index (χ1v) is 9.92. The average Bonchev–Trinajstić information content (AvgIpc) is 2.84. The Kier molecular flexibility index (Phi) is 4.24. The Labute approximate surface area is 143 Å². The van der Waals surface area contributed by atoms with Crippen molar-refractivity contribution in [1.29, 1.82) is 0 Å². The Bertz CT molecular complexity index is 757. The van der Waals surface area contributed by atoms with E-state index >= 15 is 0 Å². The molecule has 3 rings (SSSR count). The molecule has 24 heavy (non-hydrogen) atoms. The molecular formula is C16H26N4O3S. The first-order chi connectivity index (χ1) is 11.2. The van der Waals surface area contributed by atoms with Crippen LogP contribution in [-0.4, -0.2) is 58.0 Å². The maximum absolute atomic E-state index is 13.3. The van der Waals surface area contributed by atoms with E-state index in [0.29, 0.717) is 18.8 Å². The zero-order chi connectivity index (χ0) is 17.7. The van der Waals surface area contributed by atoms with Gasteiger partial charge in [-0.3, -0.25) is 9.48 Å². The highest BCUT2D eigenvalue weighted by atomic mass is 32.2.